The monoisotopic (exact) mass is 378 g/mol. The Hall–Kier alpha value is -2.83. The number of hydrogen-bond donors (Lipinski definition) is 2. The molecular formula is C20H21F3N2O2. The van der Waals surface area contributed by atoms with Gasteiger partial charge < -0.3 is 10.6 Å². The van der Waals surface area contributed by atoms with Gasteiger partial charge in [0.05, 0.1) is 0 Å². The Morgan fingerprint density at radius 1 is 0.963 bits per heavy atom. The average molecular weight is 378 g/mol. The molecule has 0 spiro atoms. The highest BCUT2D eigenvalue weighted by Gasteiger charge is 2.27. The quantitative estimate of drug-likeness (QED) is 0.777. The van der Waals surface area contributed by atoms with Crippen LogP contribution in [0.2, 0.25) is 0 Å². The van der Waals surface area contributed by atoms with Gasteiger partial charge in [-0.15, -0.1) is 0 Å². The number of nitrogens with one attached hydrogen (secondary N) is 2. The molecule has 0 aromatic heterocycles. The first-order valence-electron chi connectivity index (χ1n) is 8.56. The molecule has 2 aromatic rings. The molecule has 144 valence electrons. The van der Waals surface area contributed by atoms with Crippen molar-refractivity contribution in [1.82, 2.24) is 10.6 Å². The Labute approximate surface area is 155 Å². The SMILES string of the molecule is CC(C)C(NC(=O)c1c(F)cccc1F)C(=O)NCCc1ccc(F)cc1. The van der Waals surface area contributed by atoms with Crippen molar-refractivity contribution in [2.45, 2.75) is 26.3 Å². The third kappa shape index (κ3) is 5.57. The summed E-state index contributed by atoms with van der Waals surface area (Å²) in [6, 6.07) is 8.05. The molecule has 1 unspecified atom stereocenters. The van der Waals surface area contributed by atoms with Crippen molar-refractivity contribution in [2.75, 3.05) is 6.54 Å². The first-order chi connectivity index (χ1) is 12.8. The first kappa shape index (κ1) is 20.5. The van der Waals surface area contributed by atoms with Crippen LogP contribution in [-0.2, 0) is 11.2 Å². The molecule has 7 heteroatoms. The summed E-state index contributed by atoms with van der Waals surface area (Å²) in [7, 11) is 0. The molecular weight excluding hydrogens is 357 g/mol. The standard InChI is InChI=1S/C20H21F3N2O2/c1-12(2)18(25-19(26)17-15(22)4-3-5-16(17)23)20(27)24-11-10-13-6-8-14(21)9-7-13/h3-9,12,18H,10-11H2,1-2H3,(H,24,27)(H,25,26). The van der Waals surface area contributed by atoms with Crippen molar-refractivity contribution in [1.29, 1.82) is 0 Å². The zero-order chi connectivity index (χ0) is 20.0. The number of amides is 2. The normalized spacial score (nSPS) is 11.9. The van der Waals surface area contributed by atoms with Gasteiger partial charge in [-0.2, -0.15) is 0 Å². The van der Waals surface area contributed by atoms with Gasteiger partial charge in [0.15, 0.2) is 0 Å². The number of carbonyl (C=O) groups is 2. The summed E-state index contributed by atoms with van der Waals surface area (Å²) in [5, 5.41) is 5.07. The molecule has 0 bridgehead atoms. The smallest absolute Gasteiger partial charge is 0.257 e. The minimum atomic E-state index is -0.994. The molecule has 1 atom stereocenters. The third-order valence-corrected chi connectivity index (χ3v) is 4.05. The molecule has 4 nitrogen and oxygen atoms in total. The van der Waals surface area contributed by atoms with E-state index in [1.165, 1.54) is 12.1 Å². The molecule has 2 amide bonds. The van der Waals surface area contributed by atoms with E-state index in [4.69, 9.17) is 0 Å². The molecule has 0 heterocycles. The third-order valence-electron chi connectivity index (χ3n) is 4.05. The van der Waals surface area contributed by atoms with E-state index in [2.05, 4.69) is 10.6 Å². The van der Waals surface area contributed by atoms with Gasteiger partial charge in [-0.05, 0) is 42.2 Å². The maximum Gasteiger partial charge on any atom is 0.257 e. The van der Waals surface area contributed by atoms with Crippen LogP contribution in [0.5, 0.6) is 0 Å². The second kappa shape index (κ2) is 9.21. The molecule has 0 saturated carbocycles. The second-order valence-electron chi connectivity index (χ2n) is 6.46. The zero-order valence-corrected chi connectivity index (χ0v) is 15.1. The van der Waals surface area contributed by atoms with E-state index in [0.717, 1.165) is 23.8 Å². The molecule has 0 aliphatic heterocycles. The lowest BCUT2D eigenvalue weighted by Crippen LogP contribution is -2.50. The van der Waals surface area contributed by atoms with E-state index in [9.17, 15) is 22.8 Å². The lowest BCUT2D eigenvalue weighted by Gasteiger charge is -2.22. The first-order valence-corrected chi connectivity index (χ1v) is 8.56. The fourth-order valence-corrected chi connectivity index (χ4v) is 2.55. The summed E-state index contributed by atoms with van der Waals surface area (Å²) in [4.78, 5) is 24.6. The van der Waals surface area contributed by atoms with Crippen LogP contribution in [0.25, 0.3) is 0 Å². The van der Waals surface area contributed by atoms with Gasteiger partial charge in [0, 0.05) is 6.54 Å². The average Bonchev–Trinajstić information content (AvgIpc) is 2.60. The van der Waals surface area contributed by atoms with Gasteiger partial charge >= 0.3 is 0 Å². The van der Waals surface area contributed by atoms with Crippen molar-refractivity contribution in [2.24, 2.45) is 5.92 Å². The summed E-state index contributed by atoms with van der Waals surface area (Å²) < 4.78 is 40.4. The largest absolute Gasteiger partial charge is 0.354 e. The Morgan fingerprint density at radius 2 is 1.56 bits per heavy atom. The van der Waals surface area contributed by atoms with Crippen molar-refractivity contribution in [3.05, 3.63) is 71.0 Å². The van der Waals surface area contributed by atoms with E-state index in [-0.39, 0.29) is 18.3 Å². The number of carbonyl (C=O) groups excluding carboxylic acids is 2. The highest BCUT2D eigenvalue weighted by molar-refractivity contribution is 5.98. The van der Waals surface area contributed by atoms with Gasteiger partial charge in [0.25, 0.3) is 5.91 Å². The van der Waals surface area contributed by atoms with E-state index in [0.29, 0.717) is 6.42 Å². The van der Waals surface area contributed by atoms with E-state index >= 15 is 0 Å². The van der Waals surface area contributed by atoms with E-state index < -0.39 is 35.1 Å². The van der Waals surface area contributed by atoms with E-state index in [1.807, 2.05) is 0 Å². The van der Waals surface area contributed by atoms with Crippen molar-refractivity contribution in [3.63, 3.8) is 0 Å². The Kier molecular flexibility index (Phi) is 6.98. The Morgan fingerprint density at radius 3 is 2.11 bits per heavy atom. The molecule has 0 fully saturated rings. The van der Waals surface area contributed by atoms with Crippen LogP contribution in [-0.4, -0.2) is 24.4 Å². The topological polar surface area (TPSA) is 58.2 Å². The maximum atomic E-state index is 13.7. The van der Waals surface area contributed by atoms with Crippen LogP contribution >= 0.6 is 0 Å². The minimum absolute atomic E-state index is 0.275. The van der Waals surface area contributed by atoms with Crippen LogP contribution in [0.4, 0.5) is 13.2 Å². The summed E-state index contributed by atoms with van der Waals surface area (Å²) in [5.74, 6) is -4.08. The summed E-state index contributed by atoms with van der Waals surface area (Å²) >= 11 is 0. The molecule has 0 aliphatic rings. The van der Waals surface area contributed by atoms with Crippen LogP contribution in [0.15, 0.2) is 42.5 Å². The number of benzene rings is 2. The highest BCUT2D eigenvalue weighted by Crippen LogP contribution is 2.13. The van der Waals surface area contributed by atoms with Crippen LogP contribution in [0.1, 0.15) is 29.8 Å². The molecule has 2 N–H and O–H groups in total. The van der Waals surface area contributed by atoms with Gasteiger partial charge in [-0.3, -0.25) is 9.59 Å². The molecule has 2 aromatic carbocycles. The van der Waals surface area contributed by atoms with Crippen molar-refractivity contribution < 1.29 is 22.8 Å². The fraction of sp³-hybridized carbons (Fsp3) is 0.300. The molecule has 27 heavy (non-hydrogen) atoms. The molecule has 0 aliphatic carbocycles. The Bertz CT molecular complexity index is 787. The zero-order valence-electron chi connectivity index (χ0n) is 15.1. The molecule has 2 rings (SSSR count). The van der Waals surface area contributed by atoms with Gasteiger partial charge in [0.1, 0.15) is 29.1 Å². The van der Waals surface area contributed by atoms with E-state index in [1.54, 1.807) is 26.0 Å². The fourth-order valence-electron chi connectivity index (χ4n) is 2.55. The van der Waals surface area contributed by atoms with Gasteiger partial charge in [-0.25, -0.2) is 13.2 Å². The van der Waals surface area contributed by atoms with Crippen molar-refractivity contribution in [3.8, 4) is 0 Å². The summed E-state index contributed by atoms with van der Waals surface area (Å²) in [6.45, 7) is 3.70. The lowest BCUT2D eigenvalue weighted by atomic mass is 10.0. The van der Waals surface area contributed by atoms with Gasteiger partial charge in [0.2, 0.25) is 5.91 Å². The second-order valence-corrected chi connectivity index (χ2v) is 6.46. The number of halogens is 3. The maximum absolute atomic E-state index is 13.7. The van der Waals surface area contributed by atoms with Crippen LogP contribution in [0, 0.1) is 23.4 Å². The summed E-state index contributed by atoms with van der Waals surface area (Å²) in [5.41, 5.74) is 0.123. The van der Waals surface area contributed by atoms with Gasteiger partial charge in [-0.1, -0.05) is 32.0 Å². The predicted octanol–water partition coefficient (Wildman–Crippen LogP) is 3.22. The number of rotatable bonds is 7. The Balaban J connectivity index is 1.98. The summed E-state index contributed by atoms with van der Waals surface area (Å²) in [6.07, 6.45) is 0.479. The minimum Gasteiger partial charge on any atom is -0.354 e. The lowest BCUT2D eigenvalue weighted by molar-refractivity contribution is -0.123. The predicted molar refractivity (Wildman–Crippen MR) is 95.6 cm³/mol. The van der Waals surface area contributed by atoms with Crippen molar-refractivity contribution >= 4 is 11.8 Å². The van der Waals surface area contributed by atoms with Crippen LogP contribution in [0.3, 0.4) is 0 Å². The number of hydrogen-bond acceptors (Lipinski definition) is 2. The molecule has 0 radical (unpaired) electrons. The van der Waals surface area contributed by atoms with Crippen LogP contribution < -0.4 is 10.6 Å². The highest BCUT2D eigenvalue weighted by atomic mass is 19.1. The molecule has 0 saturated heterocycles.